The third-order valence-corrected chi connectivity index (χ3v) is 3.60. The first-order valence-electron chi connectivity index (χ1n) is 7.27. The maximum atomic E-state index is 11.9. The number of hydrogen-bond donors (Lipinski definition) is 1. The number of furan rings is 1. The topological polar surface area (TPSA) is 51.5 Å². The van der Waals surface area contributed by atoms with Gasteiger partial charge in [-0.3, -0.25) is 4.79 Å². The Balaban J connectivity index is 1.66. The van der Waals surface area contributed by atoms with E-state index in [0.29, 0.717) is 24.8 Å². The molecule has 0 radical (unpaired) electrons. The largest absolute Gasteiger partial charge is 0.469 e. The molecule has 0 aromatic carbocycles. The fraction of sp³-hybridized carbons (Fsp3) is 0.667. The van der Waals surface area contributed by atoms with Gasteiger partial charge in [-0.05, 0) is 18.9 Å². The van der Waals surface area contributed by atoms with E-state index in [2.05, 4.69) is 5.32 Å². The molecule has 1 aromatic heterocycles. The zero-order valence-corrected chi connectivity index (χ0v) is 11.6. The quantitative estimate of drug-likeness (QED) is 0.805. The Hall–Kier alpha value is -1.29. The summed E-state index contributed by atoms with van der Waals surface area (Å²) in [5, 5.41) is 2.88. The van der Waals surface area contributed by atoms with Crippen molar-refractivity contribution in [1.82, 2.24) is 5.32 Å². The second-order valence-electron chi connectivity index (χ2n) is 5.00. The van der Waals surface area contributed by atoms with E-state index < -0.39 is 0 Å². The monoisotopic (exact) mass is 265 g/mol. The molecule has 0 spiro atoms. The molecule has 2 rings (SSSR count). The Labute approximate surface area is 114 Å². The lowest BCUT2D eigenvalue weighted by Gasteiger charge is -2.21. The number of carbonyl (C=O) groups excluding carboxylic acids is 1. The van der Waals surface area contributed by atoms with Crippen LogP contribution in [0.5, 0.6) is 0 Å². The Morgan fingerprint density at radius 2 is 2.21 bits per heavy atom. The zero-order chi connectivity index (χ0) is 13.5. The smallest absolute Gasteiger partial charge is 0.254 e. The van der Waals surface area contributed by atoms with E-state index in [1.54, 1.807) is 12.3 Å². The van der Waals surface area contributed by atoms with Crippen LogP contribution in [0.15, 0.2) is 16.7 Å². The van der Waals surface area contributed by atoms with Crippen LogP contribution in [0.25, 0.3) is 0 Å². The van der Waals surface area contributed by atoms with Gasteiger partial charge in [0.15, 0.2) is 0 Å². The number of rotatable bonds is 6. The number of ether oxygens (including phenoxy) is 1. The fourth-order valence-corrected chi connectivity index (χ4v) is 2.53. The number of amides is 1. The predicted molar refractivity (Wildman–Crippen MR) is 73.2 cm³/mol. The summed E-state index contributed by atoms with van der Waals surface area (Å²) < 4.78 is 11.0. The van der Waals surface area contributed by atoms with Gasteiger partial charge in [0.25, 0.3) is 5.91 Å². The summed E-state index contributed by atoms with van der Waals surface area (Å²) in [6.07, 6.45) is 8.88. The highest BCUT2D eigenvalue weighted by atomic mass is 16.5. The number of carbonyl (C=O) groups is 1. The molecule has 0 saturated heterocycles. The molecule has 0 atom stereocenters. The van der Waals surface area contributed by atoms with Crippen LogP contribution in [0.1, 0.15) is 55.1 Å². The molecule has 1 aliphatic carbocycles. The SMILES string of the molecule is CCc1occc1C(=O)NCCOC1CCCCC1. The van der Waals surface area contributed by atoms with Gasteiger partial charge in [-0.15, -0.1) is 0 Å². The Morgan fingerprint density at radius 1 is 1.42 bits per heavy atom. The van der Waals surface area contributed by atoms with E-state index in [-0.39, 0.29) is 5.91 Å². The maximum absolute atomic E-state index is 11.9. The molecule has 1 aromatic rings. The lowest BCUT2D eigenvalue weighted by atomic mass is 9.98. The molecule has 19 heavy (non-hydrogen) atoms. The van der Waals surface area contributed by atoms with Crippen LogP contribution in [0.4, 0.5) is 0 Å². The minimum absolute atomic E-state index is 0.0714. The molecule has 1 saturated carbocycles. The van der Waals surface area contributed by atoms with Crippen molar-refractivity contribution in [3.8, 4) is 0 Å². The van der Waals surface area contributed by atoms with E-state index in [1.165, 1.54) is 19.3 Å². The molecule has 4 nitrogen and oxygen atoms in total. The van der Waals surface area contributed by atoms with Gasteiger partial charge in [0.1, 0.15) is 5.76 Å². The van der Waals surface area contributed by atoms with Crippen LogP contribution in [0.3, 0.4) is 0 Å². The average Bonchev–Trinajstić information content (AvgIpc) is 2.93. The Morgan fingerprint density at radius 3 is 2.95 bits per heavy atom. The second-order valence-corrected chi connectivity index (χ2v) is 5.00. The van der Waals surface area contributed by atoms with Crippen LogP contribution >= 0.6 is 0 Å². The fourth-order valence-electron chi connectivity index (χ4n) is 2.53. The first-order valence-corrected chi connectivity index (χ1v) is 7.27. The highest BCUT2D eigenvalue weighted by Gasteiger charge is 2.15. The molecule has 1 fully saturated rings. The number of hydrogen-bond acceptors (Lipinski definition) is 3. The molecular weight excluding hydrogens is 242 g/mol. The molecule has 106 valence electrons. The summed E-state index contributed by atoms with van der Waals surface area (Å²) in [5.41, 5.74) is 0.639. The van der Waals surface area contributed by atoms with Crippen molar-refractivity contribution in [2.75, 3.05) is 13.2 Å². The molecule has 0 unspecified atom stereocenters. The van der Waals surface area contributed by atoms with Crippen LogP contribution in [0, 0.1) is 0 Å². The average molecular weight is 265 g/mol. The zero-order valence-electron chi connectivity index (χ0n) is 11.6. The third-order valence-electron chi connectivity index (χ3n) is 3.60. The molecule has 1 heterocycles. The van der Waals surface area contributed by atoms with E-state index >= 15 is 0 Å². The van der Waals surface area contributed by atoms with Crippen LogP contribution in [0.2, 0.25) is 0 Å². The molecule has 0 bridgehead atoms. The molecule has 1 amide bonds. The standard InChI is InChI=1S/C15H23NO3/c1-2-14-13(8-10-19-14)15(17)16-9-11-18-12-6-4-3-5-7-12/h8,10,12H,2-7,9,11H2,1H3,(H,16,17). The molecular formula is C15H23NO3. The summed E-state index contributed by atoms with van der Waals surface area (Å²) >= 11 is 0. The maximum Gasteiger partial charge on any atom is 0.254 e. The molecule has 0 aliphatic heterocycles. The van der Waals surface area contributed by atoms with Gasteiger partial charge in [-0.1, -0.05) is 26.2 Å². The summed E-state index contributed by atoms with van der Waals surface area (Å²) in [7, 11) is 0. The molecule has 1 N–H and O–H groups in total. The van der Waals surface area contributed by atoms with Gasteiger partial charge in [0, 0.05) is 13.0 Å². The summed E-state index contributed by atoms with van der Waals surface area (Å²) in [4.78, 5) is 11.9. The van der Waals surface area contributed by atoms with Gasteiger partial charge in [0.05, 0.1) is 24.5 Å². The van der Waals surface area contributed by atoms with Gasteiger partial charge in [-0.25, -0.2) is 0 Å². The van der Waals surface area contributed by atoms with Crippen molar-refractivity contribution in [2.45, 2.75) is 51.6 Å². The minimum atomic E-state index is -0.0714. The van der Waals surface area contributed by atoms with Crippen LogP contribution < -0.4 is 5.32 Å². The van der Waals surface area contributed by atoms with Crippen molar-refractivity contribution in [3.05, 3.63) is 23.7 Å². The van der Waals surface area contributed by atoms with Crippen molar-refractivity contribution in [1.29, 1.82) is 0 Å². The van der Waals surface area contributed by atoms with E-state index in [9.17, 15) is 4.79 Å². The number of aryl methyl sites for hydroxylation is 1. The predicted octanol–water partition coefficient (Wildman–Crippen LogP) is 2.92. The van der Waals surface area contributed by atoms with Crippen molar-refractivity contribution >= 4 is 5.91 Å². The van der Waals surface area contributed by atoms with Crippen LogP contribution in [-0.2, 0) is 11.2 Å². The van der Waals surface area contributed by atoms with Gasteiger partial charge in [0.2, 0.25) is 0 Å². The van der Waals surface area contributed by atoms with Crippen molar-refractivity contribution < 1.29 is 13.9 Å². The summed E-state index contributed by atoms with van der Waals surface area (Å²) in [6, 6.07) is 1.72. The summed E-state index contributed by atoms with van der Waals surface area (Å²) in [6.45, 7) is 3.13. The van der Waals surface area contributed by atoms with E-state index in [0.717, 1.165) is 25.0 Å². The lowest BCUT2D eigenvalue weighted by Crippen LogP contribution is -2.29. The molecule has 1 aliphatic rings. The first kappa shape index (κ1) is 14.1. The van der Waals surface area contributed by atoms with Gasteiger partial charge >= 0.3 is 0 Å². The highest BCUT2D eigenvalue weighted by molar-refractivity contribution is 5.95. The lowest BCUT2D eigenvalue weighted by molar-refractivity contribution is 0.0299. The van der Waals surface area contributed by atoms with Crippen molar-refractivity contribution in [3.63, 3.8) is 0 Å². The van der Waals surface area contributed by atoms with Crippen LogP contribution in [-0.4, -0.2) is 25.2 Å². The van der Waals surface area contributed by atoms with Gasteiger partial charge < -0.3 is 14.5 Å². The summed E-state index contributed by atoms with van der Waals surface area (Å²) in [5.74, 6) is 0.670. The Kier molecular flexibility index (Phi) is 5.45. The van der Waals surface area contributed by atoms with E-state index in [4.69, 9.17) is 9.15 Å². The normalized spacial score (nSPS) is 16.5. The van der Waals surface area contributed by atoms with Gasteiger partial charge in [-0.2, -0.15) is 0 Å². The first-order chi connectivity index (χ1) is 9.31. The highest BCUT2D eigenvalue weighted by Crippen LogP contribution is 2.19. The second kappa shape index (κ2) is 7.34. The van der Waals surface area contributed by atoms with E-state index in [1.807, 2.05) is 6.92 Å². The van der Waals surface area contributed by atoms with Crippen molar-refractivity contribution in [2.24, 2.45) is 0 Å². The number of nitrogens with one attached hydrogen (secondary N) is 1. The third kappa shape index (κ3) is 4.10. The minimum Gasteiger partial charge on any atom is -0.469 e. The molecule has 4 heteroatoms. The Bertz CT molecular complexity index is 394.